The zero-order chi connectivity index (χ0) is 20.1. The van der Waals surface area contributed by atoms with Crippen molar-refractivity contribution in [2.75, 3.05) is 16.8 Å². The molecular weight excluding hydrogens is 348 g/mol. The topological polar surface area (TPSA) is 58.1 Å². The van der Waals surface area contributed by atoms with Crippen molar-refractivity contribution in [2.45, 2.75) is 34.1 Å². The lowest BCUT2D eigenvalue weighted by Crippen LogP contribution is -2.22. The largest absolute Gasteiger partial charge is 0.320 e. The Balaban J connectivity index is 1.94. The van der Waals surface area contributed by atoms with E-state index >= 15 is 0 Å². The van der Waals surface area contributed by atoms with Crippen molar-refractivity contribution in [1.82, 2.24) is 9.97 Å². The van der Waals surface area contributed by atoms with Crippen LogP contribution in [0, 0.1) is 13.8 Å². The first-order valence-corrected chi connectivity index (χ1v) is 9.61. The van der Waals surface area contributed by atoms with Gasteiger partial charge in [0.25, 0.3) is 5.91 Å². The summed E-state index contributed by atoms with van der Waals surface area (Å²) in [5.41, 5.74) is 5.13. The third kappa shape index (κ3) is 4.19. The van der Waals surface area contributed by atoms with Crippen LogP contribution in [0.3, 0.4) is 0 Å². The maximum absolute atomic E-state index is 13.0. The number of hydrogen-bond acceptors (Lipinski definition) is 4. The van der Waals surface area contributed by atoms with Gasteiger partial charge >= 0.3 is 0 Å². The van der Waals surface area contributed by atoms with Crippen molar-refractivity contribution in [3.8, 4) is 0 Å². The minimum absolute atomic E-state index is 0.222. The highest BCUT2D eigenvalue weighted by molar-refractivity contribution is 6.04. The van der Waals surface area contributed by atoms with Crippen LogP contribution in [0.4, 0.5) is 17.3 Å². The molecule has 0 radical (unpaired) electrons. The average Bonchev–Trinajstić information content (AvgIpc) is 2.70. The molecule has 0 aliphatic rings. The van der Waals surface area contributed by atoms with Crippen molar-refractivity contribution in [3.05, 3.63) is 77.1 Å². The molecule has 28 heavy (non-hydrogen) atoms. The van der Waals surface area contributed by atoms with E-state index in [1.807, 2.05) is 74.2 Å². The van der Waals surface area contributed by atoms with Gasteiger partial charge in [0.15, 0.2) is 0 Å². The van der Waals surface area contributed by atoms with E-state index in [1.54, 1.807) is 6.07 Å². The number of nitrogens with zero attached hydrogens (tertiary/aromatic N) is 3. The molecule has 144 valence electrons. The van der Waals surface area contributed by atoms with Crippen LogP contribution in [0.25, 0.3) is 0 Å². The molecule has 1 heterocycles. The third-order valence-electron chi connectivity index (χ3n) is 4.68. The molecule has 0 aliphatic carbocycles. The molecule has 2 aromatic carbocycles. The Bertz CT molecular complexity index is 970. The summed E-state index contributed by atoms with van der Waals surface area (Å²) < 4.78 is 0. The number of benzene rings is 2. The molecule has 1 N–H and O–H groups in total. The standard InChI is InChI=1S/C23H26N4O/c1-5-18-12-10-11-16(3)21(18)26-22(28)20-15-17(4)24-23(25-20)27(6-2)19-13-8-7-9-14-19/h7-15H,5-6H2,1-4H3,(H,26,28). The van der Waals surface area contributed by atoms with Crippen molar-refractivity contribution in [1.29, 1.82) is 0 Å². The number of carbonyl (C=O) groups is 1. The first-order valence-electron chi connectivity index (χ1n) is 9.61. The Hall–Kier alpha value is -3.21. The van der Waals surface area contributed by atoms with Crippen molar-refractivity contribution in [3.63, 3.8) is 0 Å². The van der Waals surface area contributed by atoms with Gasteiger partial charge in [-0.1, -0.05) is 43.3 Å². The van der Waals surface area contributed by atoms with E-state index in [1.165, 1.54) is 0 Å². The molecule has 0 aliphatic heterocycles. The van der Waals surface area contributed by atoms with E-state index in [-0.39, 0.29) is 5.91 Å². The zero-order valence-electron chi connectivity index (χ0n) is 16.9. The van der Waals surface area contributed by atoms with Crippen LogP contribution in [0.2, 0.25) is 0 Å². The number of carbonyl (C=O) groups excluding carboxylic acids is 1. The molecule has 0 spiro atoms. The Morgan fingerprint density at radius 3 is 2.43 bits per heavy atom. The lowest BCUT2D eigenvalue weighted by Gasteiger charge is -2.21. The first-order chi connectivity index (χ1) is 13.5. The van der Waals surface area contributed by atoms with E-state index in [9.17, 15) is 4.79 Å². The van der Waals surface area contributed by atoms with Crippen LogP contribution in [-0.2, 0) is 6.42 Å². The van der Waals surface area contributed by atoms with E-state index in [0.717, 1.165) is 34.6 Å². The highest BCUT2D eigenvalue weighted by atomic mass is 16.1. The number of anilines is 3. The minimum Gasteiger partial charge on any atom is -0.320 e. The highest BCUT2D eigenvalue weighted by Crippen LogP contribution is 2.24. The summed E-state index contributed by atoms with van der Waals surface area (Å²) in [6, 6.07) is 17.7. The van der Waals surface area contributed by atoms with Gasteiger partial charge in [-0.2, -0.15) is 0 Å². The van der Waals surface area contributed by atoms with E-state index in [4.69, 9.17) is 0 Å². The van der Waals surface area contributed by atoms with Crippen LogP contribution in [-0.4, -0.2) is 22.4 Å². The van der Waals surface area contributed by atoms with Crippen molar-refractivity contribution in [2.24, 2.45) is 0 Å². The van der Waals surface area contributed by atoms with Gasteiger partial charge in [-0.3, -0.25) is 4.79 Å². The SMILES string of the molecule is CCc1cccc(C)c1NC(=O)c1cc(C)nc(N(CC)c2ccccc2)n1. The molecule has 0 bridgehead atoms. The van der Waals surface area contributed by atoms with Gasteiger partial charge in [0.2, 0.25) is 5.95 Å². The Morgan fingerprint density at radius 1 is 1.00 bits per heavy atom. The summed E-state index contributed by atoms with van der Waals surface area (Å²) in [6.07, 6.45) is 0.850. The summed E-state index contributed by atoms with van der Waals surface area (Å²) in [7, 11) is 0. The van der Waals surface area contributed by atoms with Crippen molar-refractivity contribution >= 4 is 23.2 Å². The second-order valence-electron chi connectivity index (χ2n) is 6.69. The normalized spacial score (nSPS) is 10.6. The molecule has 5 heteroatoms. The average molecular weight is 374 g/mol. The Labute approximate surface area is 166 Å². The van der Waals surface area contributed by atoms with Gasteiger partial charge in [0.1, 0.15) is 5.69 Å². The fourth-order valence-electron chi connectivity index (χ4n) is 3.22. The summed E-state index contributed by atoms with van der Waals surface area (Å²) in [4.78, 5) is 24.1. The minimum atomic E-state index is -0.222. The van der Waals surface area contributed by atoms with Crippen LogP contribution in [0.1, 0.15) is 41.2 Å². The first kappa shape index (κ1) is 19.5. The van der Waals surface area contributed by atoms with E-state index in [0.29, 0.717) is 18.2 Å². The van der Waals surface area contributed by atoms with Crippen LogP contribution >= 0.6 is 0 Å². The monoisotopic (exact) mass is 374 g/mol. The Morgan fingerprint density at radius 2 is 1.75 bits per heavy atom. The number of amides is 1. The molecular formula is C23H26N4O. The zero-order valence-corrected chi connectivity index (χ0v) is 16.9. The van der Waals surface area contributed by atoms with Gasteiger partial charge in [0.05, 0.1) is 0 Å². The second kappa shape index (κ2) is 8.65. The lowest BCUT2D eigenvalue weighted by molar-refractivity contribution is 0.102. The molecule has 0 saturated heterocycles. The number of rotatable bonds is 6. The molecule has 0 atom stereocenters. The number of para-hydroxylation sites is 2. The molecule has 0 fully saturated rings. The summed E-state index contributed by atoms with van der Waals surface area (Å²) >= 11 is 0. The fourth-order valence-corrected chi connectivity index (χ4v) is 3.22. The van der Waals surface area contributed by atoms with Crippen molar-refractivity contribution < 1.29 is 4.79 Å². The molecule has 0 saturated carbocycles. The number of nitrogens with one attached hydrogen (secondary N) is 1. The smallest absolute Gasteiger partial charge is 0.274 e. The summed E-state index contributed by atoms with van der Waals surface area (Å²) in [6.45, 7) is 8.70. The van der Waals surface area contributed by atoms with Gasteiger partial charge < -0.3 is 10.2 Å². The molecule has 0 unspecified atom stereocenters. The van der Waals surface area contributed by atoms with Gasteiger partial charge in [0, 0.05) is 23.6 Å². The van der Waals surface area contributed by atoms with Gasteiger partial charge in [-0.05, 0) is 56.5 Å². The maximum Gasteiger partial charge on any atom is 0.274 e. The summed E-state index contributed by atoms with van der Waals surface area (Å²) in [5.74, 6) is 0.305. The molecule has 1 aromatic heterocycles. The number of aryl methyl sites for hydroxylation is 3. The van der Waals surface area contributed by atoms with E-state index < -0.39 is 0 Å². The molecule has 3 rings (SSSR count). The third-order valence-corrected chi connectivity index (χ3v) is 4.68. The van der Waals surface area contributed by atoms with Gasteiger partial charge in [-0.25, -0.2) is 9.97 Å². The second-order valence-corrected chi connectivity index (χ2v) is 6.69. The van der Waals surface area contributed by atoms with Crippen LogP contribution in [0.5, 0.6) is 0 Å². The molecule has 1 amide bonds. The van der Waals surface area contributed by atoms with E-state index in [2.05, 4.69) is 22.2 Å². The molecule has 5 nitrogen and oxygen atoms in total. The Kier molecular flexibility index (Phi) is 6.04. The number of aromatic nitrogens is 2. The summed E-state index contributed by atoms with van der Waals surface area (Å²) in [5, 5.41) is 3.05. The van der Waals surface area contributed by atoms with Crippen LogP contribution < -0.4 is 10.2 Å². The van der Waals surface area contributed by atoms with Gasteiger partial charge in [-0.15, -0.1) is 0 Å². The maximum atomic E-state index is 13.0. The lowest BCUT2D eigenvalue weighted by atomic mass is 10.1. The highest BCUT2D eigenvalue weighted by Gasteiger charge is 2.17. The predicted molar refractivity (Wildman–Crippen MR) is 114 cm³/mol. The fraction of sp³-hybridized carbons (Fsp3) is 0.261. The number of hydrogen-bond donors (Lipinski definition) is 1. The predicted octanol–water partition coefficient (Wildman–Crippen LogP) is 5.07. The quantitative estimate of drug-likeness (QED) is 0.655. The van der Waals surface area contributed by atoms with Crippen LogP contribution in [0.15, 0.2) is 54.6 Å². The molecule has 3 aromatic rings.